The molecule has 7 heteroatoms. The fourth-order valence-corrected chi connectivity index (χ4v) is 1.42. The van der Waals surface area contributed by atoms with Crippen LogP contribution in [0.5, 0.6) is 5.75 Å². The Labute approximate surface area is 108 Å². The number of phenols is 1. The van der Waals surface area contributed by atoms with Gasteiger partial charge in [0, 0.05) is 0 Å². The molecule has 0 radical (unpaired) electrons. The highest BCUT2D eigenvalue weighted by Crippen LogP contribution is 2.24. The van der Waals surface area contributed by atoms with Gasteiger partial charge in [-0.15, -0.1) is 10.2 Å². The van der Waals surface area contributed by atoms with Crippen LogP contribution < -0.4 is 0 Å². The van der Waals surface area contributed by atoms with Gasteiger partial charge in [0.1, 0.15) is 17.9 Å². The van der Waals surface area contributed by atoms with Crippen LogP contribution in [0.4, 0.5) is 11.6 Å². The Morgan fingerprint density at radius 1 is 1.26 bits per heavy atom. The lowest BCUT2D eigenvalue weighted by molar-refractivity contribution is 0.475. The second-order valence-electron chi connectivity index (χ2n) is 3.68. The van der Waals surface area contributed by atoms with Gasteiger partial charge in [-0.05, 0) is 30.7 Å². The van der Waals surface area contributed by atoms with Crippen molar-refractivity contribution in [1.29, 1.82) is 10.5 Å². The highest BCUT2D eigenvalue weighted by Gasteiger charge is 2.08. The summed E-state index contributed by atoms with van der Waals surface area (Å²) in [6.07, 6.45) is 0. The van der Waals surface area contributed by atoms with Gasteiger partial charge >= 0.3 is 0 Å². The molecular weight excluding hydrogens is 244 g/mol. The first-order valence-electron chi connectivity index (χ1n) is 5.25. The third kappa shape index (κ3) is 2.56. The number of aryl methyl sites for hydroxylation is 1. The van der Waals surface area contributed by atoms with Crippen LogP contribution in [0.15, 0.2) is 28.4 Å². The van der Waals surface area contributed by atoms with Gasteiger partial charge in [0.2, 0.25) is 5.95 Å². The number of azo groups is 1. The molecule has 1 aromatic heterocycles. The molecule has 7 nitrogen and oxygen atoms in total. The van der Waals surface area contributed by atoms with Gasteiger partial charge in [-0.3, -0.25) is 0 Å². The summed E-state index contributed by atoms with van der Waals surface area (Å²) >= 11 is 0. The van der Waals surface area contributed by atoms with E-state index in [1.807, 2.05) is 6.07 Å². The zero-order valence-corrected chi connectivity index (χ0v) is 9.92. The Bertz CT molecular complexity index is 700. The molecule has 0 aliphatic rings. The molecule has 0 unspecified atom stereocenters. The van der Waals surface area contributed by atoms with Crippen molar-refractivity contribution in [2.75, 3.05) is 0 Å². The maximum Gasteiger partial charge on any atom is 0.249 e. The number of nitrogens with one attached hydrogen (secondary N) is 1. The standard InChI is InChI=1S/C12H8N6O/c1-7-4-8(19)2-3-9(7)17-18-12-15-10(5-13)11(6-14)16-12/h2-4,19H,1H3,(H,15,16). The minimum Gasteiger partial charge on any atom is -0.508 e. The van der Waals surface area contributed by atoms with Crippen molar-refractivity contribution in [3.05, 3.63) is 35.2 Å². The van der Waals surface area contributed by atoms with Crippen LogP contribution in [-0.2, 0) is 0 Å². The lowest BCUT2D eigenvalue weighted by Crippen LogP contribution is -1.77. The van der Waals surface area contributed by atoms with Gasteiger partial charge in [-0.25, -0.2) is 0 Å². The number of benzene rings is 1. The second-order valence-corrected chi connectivity index (χ2v) is 3.68. The second kappa shape index (κ2) is 4.98. The molecule has 0 saturated heterocycles. The van der Waals surface area contributed by atoms with E-state index >= 15 is 0 Å². The fourth-order valence-electron chi connectivity index (χ4n) is 1.42. The first-order valence-corrected chi connectivity index (χ1v) is 5.25. The number of rotatable bonds is 2. The third-order valence-corrected chi connectivity index (χ3v) is 2.34. The summed E-state index contributed by atoms with van der Waals surface area (Å²) in [5.41, 5.74) is 1.35. The Morgan fingerprint density at radius 2 is 2.05 bits per heavy atom. The number of imidazole rings is 1. The number of H-pyrrole nitrogens is 1. The predicted octanol–water partition coefficient (Wildman–Crippen LogP) is 2.58. The fraction of sp³-hybridized carbons (Fsp3) is 0.0833. The monoisotopic (exact) mass is 252 g/mol. The highest BCUT2D eigenvalue weighted by molar-refractivity contribution is 5.48. The molecule has 1 heterocycles. The number of aromatic hydroxyl groups is 1. The molecule has 19 heavy (non-hydrogen) atoms. The van der Waals surface area contributed by atoms with Crippen LogP contribution in [0.1, 0.15) is 17.0 Å². The summed E-state index contributed by atoms with van der Waals surface area (Å²) in [5, 5.41) is 34.5. The zero-order valence-electron chi connectivity index (χ0n) is 9.92. The van der Waals surface area contributed by atoms with E-state index in [-0.39, 0.29) is 23.1 Å². The molecule has 0 fully saturated rings. The van der Waals surface area contributed by atoms with Crippen LogP contribution in [0.25, 0.3) is 0 Å². The van der Waals surface area contributed by atoms with Crippen molar-refractivity contribution in [2.45, 2.75) is 6.92 Å². The summed E-state index contributed by atoms with van der Waals surface area (Å²) in [6.45, 7) is 1.78. The van der Waals surface area contributed by atoms with Crippen LogP contribution in [-0.4, -0.2) is 15.1 Å². The molecule has 0 saturated carbocycles. The number of nitriles is 2. The molecule has 0 spiro atoms. The molecule has 92 valence electrons. The molecule has 0 amide bonds. The zero-order chi connectivity index (χ0) is 13.8. The lowest BCUT2D eigenvalue weighted by atomic mass is 10.2. The third-order valence-electron chi connectivity index (χ3n) is 2.34. The highest BCUT2D eigenvalue weighted by atomic mass is 16.3. The van der Waals surface area contributed by atoms with Crippen LogP contribution in [0.2, 0.25) is 0 Å². The summed E-state index contributed by atoms with van der Waals surface area (Å²) < 4.78 is 0. The van der Waals surface area contributed by atoms with Crippen molar-refractivity contribution in [2.24, 2.45) is 10.2 Å². The topological polar surface area (TPSA) is 121 Å². The molecule has 2 N–H and O–H groups in total. The van der Waals surface area contributed by atoms with Gasteiger partial charge in [0.15, 0.2) is 11.4 Å². The quantitative estimate of drug-likeness (QED) is 0.797. The molecule has 0 atom stereocenters. The number of hydrogen-bond donors (Lipinski definition) is 2. The van der Waals surface area contributed by atoms with E-state index in [0.29, 0.717) is 5.69 Å². The van der Waals surface area contributed by atoms with E-state index in [2.05, 4.69) is 20.2 Å². The van der Waals surface area contributed by atoms with Crippen molar-refractivity contribution in [3.63, 3.8) is 0 Å². The average Bonchev–Trinajstić information content (AvgIpc) is 2.80. The van der Waals surface area contributed by atoms with E-state index in [9.17, 15) is 5.11 Å². The van der Waals surface area contributed by atoms with Crippen molar-refractivity contribution in [1.82, 2.24) is 9.97 Å². The van der Waals surface area contributed by atoms with E-state index in [4.69, 9.17) is 10.5 Å². The lowest BCUT2D eigenvalue weighted by Gasteiger charge is -1.98. The molecule has 2 rings (SSSR count). The van der Waals surface area contributed by atoms with Gasteiger partial charge in [-0.1, -0.05) is 0 Å². The minimum atomic E-state index is -0.0149. The van der Waals surface area contributed by atoms with Crippen LogP contribution in [0.3, 0.4) is 0 Å². The number of phenolic OH excluding ortho intramolecular Hbond substituents is 1. The SMILES string of the molecule is Cc1cc(O)ccc1N=Nc1nc(C#N)c(C#N)[nH]1. The maximum atomic E-state index is 9.26. The first kappa shape index (κ1) is 12.3. The molecule has 0 aliphatic heterocycles. The normalized spacial score (nSPS) is 10.3. The first-order chi connectivity index (χ1) is 9.13. The van der Waals surface area contributed by atoms with Crippen molar-refractivity contribution >= 4 is 11.6 Å². The number of aromatic amines is 1. The Kier molecular flexibility index (Phi) is 3.22. The van der Waals surface area contributed by atoms with Gasteiger partial charge in [-0.2, -0.15) is 15.5 Å². The van der Waals surface area contributed by atoms with Gasteiger partial charge < -0.3 is 10.1 Å². The largest absolute Gasteiger partial charge is 0.508 e. The Morgan fingerprint density at radius 3 is 2.63 bits per heavy atom. The van der Waals surface area contributed by atoms with E-state index in [1.54, 1.807) is 25.1 Å². The minimum absolute atomic E-state index is 0.0149. The number of hydrogen-bond acceptors (Lipinski definition) is 6. The summed E-state index contributed by atoms with van der Waals surface area (Å²) in [4.78, 5) is 6.39. The van der Waals surface area contributed by atoms with Crippen LogP contribution in [0, 0.1) is 29.6 Å². The van der Waals surface area contributed by atoms with Gasteiger partial charge in [0.25, 0.3) is 0 Å². The smallest absolute Gasteiger partial charge is 0.249 e. The molecule has 2 aromatic rings. The van der Waals surface area contributed by atoms with Gasteiger partial charge in [0.05, 0.1) is 5.69 Å². The van der Waals surface area contributed by atoms with Crippen LogP contribution >= 0.6 is 0 Å². The Hall–Kier alpha value is -3.19. The van der Waals surface area contributed by atoms with E-state index in [1.165, 1.54) is 6.07 Å². The summed E-state index contributed by atoms with van der Waals surface area (Å²) in [5.74, 6) is 0.230. The molecule has 1 aromatic carbocycles. The van der Waals surface area contributed by atoms with Crippen molar-refractivity contribution in [3.8, 4) is 17.9 Å². The summed E-state index contributed by atoms with van der Waals surface area (Å²) in [7, 11) is 0. The molecule has 0 bridgehead atoms. The molecule has 0 aliphatic carbocycles. The molecular formula is C12H8N6O. The summed E-state index contributed by atoms with van der Waals surface area (Å²) in [6, 6.07) is 8.24. The maximum absolute atomic E-state index is 9.26. The van der Waals surface area contributed by atoms with E-state index in [0.717, 1.165) is 5.56 Å². The number of aromatic nitrogens is 2. The Balaban J connectivity index is 2.31. The predicted molar refractivity (Wildman–Crippen MR) is 65.0 cm³/mol. The number of nitrogens with zero attached hydrogens (tertiary/aromatic N) is 5. The van der Waals surface area contributed by atoms with Crippen molar-refractivity contribution < 1.29 is 5.11 Å². The van der Waals surface area contributed by atoms with E-state index < -0.39 is 0 Å². The average molecular weight is 252 g/mol.